The van der Waals surface area contributed by atoms with Gasteiger partial charge in [0.2, 0.25) is 0 Å². The van der Waals surface area contributed by atoms with E-state index < -0.39 is 0 Å². The first-order valence-corrected chi connectivity index (χ1v) is 3.61. The zero-order valence-electron chi connectivity index (χ0n) is 5.35. The van der Waals surface area contributed by atoms with Crippen LogP contribution in [-0.2, 0) is 0 Å². The van der Waals surface area contributed by atoms with Crippen molar-refractivity contribution >= 4 is 0 Å². The summed E-state index contributed by atoms with van der Waals surface area (Å²) in [6.45, 7) is 3.61. The van der Waals surface area contributed by atoms with Crippen molar-refractivity contribution in [3.63, 3.8) is 0 Å². The second-order valence-corrected chi connectivity index (χ2v) is 3.20. The lowest BCUT2D eigenvalue weighted by Gasteiger charge is -2.31. The van der Waals surface area contributed by atoms with E-state index in [0.717, 1.165) is 17.9 Å². The fraction of sp³-hybridized carbons (Fsp3) is 1.00. The fourth-order valence-electron chi connectivity index (χ4n) is 2.00. The van der Waals surface area contributed by atoms with Crippen molar-refractivity contribution in [1.82, 2.24) is 5.32 Å². The molecule has 1 N–H and O–H groups in total. The van der Waals surface area contributed by atoms with E-state index in [9.17, 15) is 0 Å². The topological polar surface area (TPSA) is 12.0 Å². The molecule has 2 rings (SSSR count). The van der Waals surface area contributed by atoms with Gasteiger partial charge in [-0.15, -0.1) is 0 Å². The molecule has 2 unspecified atom stereocenters. The smallest absolute Gasteiger partial charge is 0.00702 e. The molecule has 1 saturated carbocycles. The summed E-state index contributed by atoms with van der Waals surface area (Å²) < 4.78 is 0. The highest BCUT2D eigenvalue weighted by atomic mass is 15.0. The van der Waals surface area contributed by atoms with Gasteiger partial charge in [-0.2, -0.15) is 0 Å². The maximum atomic E-state index is 3.48. The number of hydrogen-bond donors (Lipinski definition) is 1. The van der Waals surface area contributed by atoms with Gasteiger partial charge in [0.1, 0.15) is 0 Å². The molecule has 1 aliphatic heterocycles. The average Bonchev–Trinajstić information content (AvgIpc) is 1.80. The molecule has 1 saturated heterocycles. The summed E-state index contributed by atoms with van der Waals surface area (Å²) >= 11 is 0. The number of hydrogen-bond acceptors (Lipinski definition) is 1. The lowest BCUT2D eigenvalue weighted by molar-refractivity contribution is 0.215. The zero-order chi connectivity index (χ0) is 5.56. The Bertz CT molecular complexity index is 94.6. The Morgan fingerprint density at radius 3 is 2.50 bits per heavy atom. The monoisotopic (exact) mass is 111 g/mol. The van der Waals surface area contributed by atoms with Crippen molar-refractivity contribution in [2.24, 2.45) is 11.8 Å². The third-order valence-electron chi connectivity index (χ3n) is 2.82. The first-order chi connectivity index (χ1) is 3.88. The highest BCUT2D eigenvalue weighted by molar-refractivity contribution is 4.94. The third-order valence-corrected chi connectivity index (χ3v) is 2.82. The van der Waals surface area contributed by atoms with E-state index in [1.54, 1.807) is 0 Å². The van der Waals surface area contributed by atoms with Gasteiger partial charge in [0.25, 0.3) is 0 Å². The van der Waals surface area contributed by atoms with Gasteiger partial charge in [-0.3, -0.25) is 0 Å². The summed E-state index contributed by atoms with van der Waals surface area (Å²) in [5.41, 5.74) is 0. The molecule has 1 nitrogen and oxygen atoms in total. The predicted molar refractivity (Wildman–Crippen MR) is 33.7 cm³/mol. The number of rotatable bonds is 0. The molecule has 1 heterocycles. The Hall–Kier alpha value is -0.0400. The predicted octanol–water partition coefficient (Wildman–Crippen LogP) is 1.00. The Labute approximate surface area is 50.5 Å². The SMILES string of the molecule is C[C@@H]1NCC2CCC21. The van der Waals surface area contributed by atoms with E-state index in [4.69, 9.17) is 0 Å². The first-order valence-electron chi connectivity index (χ1n) is 3.61. The summed E-state index contributed by atoms with van der Waals surface area (Å²) in [4.78, 5) is 0. The maximum absolute atomic E-state index is 3.48. The minimum atomic E-state index is 0.828. The van der Waals surface area contributed by atoms with Crippen LogP contribution in [0.15, 0.2) is 0 Å². The number of fused-ring (bicyclic) bond motifs is 1. The van der Waals surface area contributed by atoms with Gasteiger partial charge >= 0.3 is 0 Å². The second kappa shape index (κ2) is 1.47. The lowest BCUT2D eigenvalue weighted by atomic mass is 9.73. The molecule has 3 atom stereocenters. The standard InChI is InChI=1S/C7H13N/c1-5-7-3-2-6(7)4-8-5/h5-8H,2-4H2,1H3/t5-,6?,7?/m0/s1. The minimum absolute atomic E-state index is 0.828. The molecule has 0 aromatic heterocycles. The molecule has 46 valence electrons. The van der Waals surface area contributed by atoms with Gasteiger partial charge in [-0.05, 0) is 38.1 Å². The molecule has 2 aliphatic rings. The van der Waals surface area contributed by atoms with E-state index in [0.29, 0.717) is 0 Å². The van der Waals surface area contributed by atoms with Crippen LogP contribution in [0.1, 0.15) is 19.8 Å². The van der Waals surface area contributed by atoms with Gasteiger partial charge in [-0.25, -0.2) is 0 Å². The molecule has 0 amide bonds. The van der Waals surface area contributed by atoms with Crippen LogP contribution in [0.2, 0.25) is 0 Å². The van der Waals surface area contributed by atoms with Crippen LogP contribution < -0.4 is 5.32 Å². The molecular weight excluding hydrogens is 98.1 g/mol. The molecule has 2 fully saturated rings. The van der Waals surface area contributed by atoms with Crippen molar-refractivity contribution in [3.8, 4) is 0 Å². The summed E-state index contributed by atoms with van der Waals surface area (Å²) in [7, 11) is 0. The summed E-state index contributed by atoms with van der Waals surface area (Å²) in [6.07, 6.45) is 2.97. The lowest BCUT2D eigenvalue weighted by Crippen LogP contribution is -2.28. The largest absolute Gasteiger partial charge is 0.314 e. The van der Waals surface area contributed by atoms with Crippen LogP contribution in [0, 0.1) is 11.8 Å². The van der Waals surface area contributed by atoms with E-state index in [-0.39, 0.29) is 0 Å². The Morgan fingerprint density at radius 1 is 1.38 bits per heavy atom. The second-order valence-electron chi connectivity index (χ2n) is 3.20. The van der Waals surface area contributed by atoms with Crippen LogP contribution in [0.25, 0.3) is 0 Å². The summed E-state index contributed by atoms with van der Waals surface area (Å²) in [5.74, 6) is 2.11. The Kier molecular flexibility index (Phi) is 0.884. The van der Waals surface area contributed by atoms with Gasteiger partial charge in [0, 0.05) is 6.04 Å². The fourth-order valence-corrected chi connectivity index (χ4v) is 2.00. The van der Waals surface area contributed by atoms with E-state index in [1.807, 2.05) is 0 Å². The van der Waals surface area contributed by atoms with E-state index >= 15 is 0 Å². The van der Waals surface area contributed by atoms with Crippen LogP contribution in [0.5, 0.6) is 0 Å². The van der Waals surface area contributed by atoms with Crippen molar-refractivity contribution < 1.29 is 0 Å². The normalized spacial score (nSPS) is 52.9. The quantitative estimate of drug-likeness (QED) is 0.492. The molecule has 0 radical (unpaired) electrons. The minimum Gasteiger partial charge on any atom is -0.314 e. The van der Waals surface area contributed by atoms with Crippen molar-refractivity contribution in [2.45, 2.75) is 25.8 Å². The van der Waals surface area contributed by atoms with Gasteiger partial charge < -0.3 is 5.32 Å². The van der Waals surface area contributed by atoms with Crippen molar-refractivity contribution in [1.29, 1.82) is 0 Å². The molecule has 8 heavy (non-hydrogen) atoms. The van der Waals surface area contributed by atoms with Gasteiger partial charge in [-0.1, -0.05) is 0 Å². The molecule has 0 aromatic carbocycles. The molecule has 0 bridgehead atoms. The van der Waals surface area contributed by atoms with Crippen LogP contribution in [0.3, 0.4) is 0 Å². The Morgan fingerprint density at radius 2 is 2.25 bits per heavy atom. The molecular formula is C7H13N. The Balaban J connectivity index is 2.05. The summed E-state index contributed by atoms with van der Waals surface area (Å²) in [5, 5.41) is 3.48. The van der Waals surface area contributed by atoms with Crippen LogP contribution in [-0.4, -0.2) is 12.6 Å². The van der Waals surface area contributed by atoms with Gasteiger partial charge in [0.15, 0.2) is 0 Å². The van der Waals surface area contributed by atoms with Crippen molar-refractivity contribution in [3.05, 3.63) is 0 Å². The summed E-state index contributed by atoms with van der Waals surface area (Å²) in [6, 6.07) is 0.828. The third kappa shape index (κ3) is 0.455. The average molecular weight is 111 g/mol. The number of nitrogens with one attached hydrogen (secondary N) is 1. The van der Waals surface area contributed by atoms with Crippen LogP contribution in [0.4, 0.5) is 0 Å². The maximum Gasteiger partial charge on any atom is 0.00702 e. The highest BCUT2D eigenvalue weighted by Gasteiger charge is 2.39. The molecule has 1 aliphatic carbocycles. The first kappa shape index (κ1) is 4.80. The molecule has 1 heteroatoms. The zero-order valence-corrected chi connectivity index (χ0v) is 5.35. The van der Waals surface area contributed by atoms with Crippen LogP contribution >= 0.6 is 0 Å². The van der Waals surface area contributed by atoms with Crippen molar-refractivity contribution in [2.75, 3.05) is 6.54 Å². The molecule has 0 aromatic rings. The van der Waals surface area contributed by atoms with Gasteiger partial charge in [0.05, 0.1) is 0 Å². The van der Waals surface area contributed by atoms with E-state index in [2.05, 4.69) is 12.2 Å². The molecule has 0 spiro atoms. The highest BCUT2D eigenvalue weighted by Crippen LogP contribution is 2.39. The van der Waals surface area contributed by atoms with E-state index in [1.165, 1.54) is 19.4 Å².